The largest absolute Gasteiger partial charge is 0.444 e. The molecule has 0 unspecified atom stereocenters. The van der Waals surface area contributed by atoms with Crippen LogP contribution in [0.15, 0.2) is 0 Å². The normalized spacial score (nSPS) is 29.9. The molecule has 0 aliphatic carbocycles. The second-order valence-corrected chi connectivity index (χ2v) is 11.2. The Hall–Kier alpha value is -2.16. The van der Waals surface area contributed by atoms with E-state index in [9.17, 15) is 19.2 Å². The number of rotatable bonds is 3. The van der Waals surface area contributed by atoms with E-state index in [1.165, 1.54) is 0 Å². The molecule has 3 amide bonds. The number of fused-ring (bicyclic) bond motifs is 1. The van der Waals surface area contributed by atoms with Gasteiger partial charge in [0, 0.05) is 13.2 Å². The summed E-state index contributed by atoms with van der Waals surface area (Å²) in [5.74, 6) is -0.581. The summed E-state index contributed by atoms with van der Waals surface area (Å²) in [4.78, 5) is 53.1. The number of nitrogens with zero attached hydrogens (tertiary/aromatic N) is 1. The van der Waals surface area contributed by atoms with Crippen LogP contribution in [0.5, 0.6) is 0 Å². The van der Waals surface area contributed by atoms with Crippen LogP contribution in [0.4, 0.5) is 4.79 Å². The van der Waals surface area contributed by atoms with E-state index in [1.807, 2.05) is 13.8 Å². The predicted molar refractivity (Wildman–Crippen MR) is 133 cm³/mol. The Kier molecular flexibility index (Phi) is 11.0. The molecule has 5 atom stereocenters. The molecule has 2 rings (SSSR count). The molecule has 200 valence electrons. The molecule has 0 radical (unpaired) electrons. The third kappa shape index (κ3) is 8.78. The Morgan fingerprint density at radius 2 is 1.80 bits per heavy atom. The Bertz CT molecular complexity index is 735. The van der Waals surface area contributed by atoms with Gasteiger partial charge in [-0.25, -0.2) is 4.79 Å². The molecule has 2 fully saturated rings. The van der Waals surface area contributed by atoms with E-state index in [0.29, 0.717) is 26.0 Å². The van der Waals surface area contributed by atoms with Crippen molar-refractivity contribution in [1.29, 1.82) is 0 Å². The average molecular weight is 496 g/mol. The van der Waals surface area contributed by atoms with Crippen LogP contribution < -0.4 is 10.6 Å². The van der Waals surface area contributed by atoms with Gasteiger partial charge >= 0.3 is 6.09 Å². The number of hydrogen-bond donors (Lipinski definition) is 2. The molecule has 35 heavy (non-hydrogen) atoms. The van der Waals surface area contributed by atoms with Gasteiger partial charge in [-0.15, -0.1) is 0 Å². The smallest absolute Gasteiger partial charge is 0.408 e. The van der Waals surface area contributed by atoms with Gasteiger partial charge in [0.1, 0.15) is 24.0 Å². The zero-order valence-electron chi connectivity index (χ0n) is 22.3. The summed E-state index contributed by atoms with van der Waals surface area (Å²) in [5, 5.41) is 5.58. The lowest BCUT2D eigenvalue weighted by molar-refractivity contribution is -0.144. The maximum atomic E-state index is 13.8. The van der Waals surface area contributed by atoms with Crippen molar-refractivity contribution >= 4 is 24.2 Å². The maximum absolute atomic E-state index is 13.8. The van der Waals surface area contributed by atoms with Gasteiger partial charge in [-0.05, 0) is 58.8 Å². The van der Waals surface area contributed by atoms with Crippen molar-refractivity contribution in [3.05, 3.63) is 0 Å². The van der Waals surface area contributed by atoms with Crippen molar-refractivity contribution in [3.63, 3.8) is 0 Å². The van der Waals surface area contributed by atoms with E-state index in [1.54, 1.807) is 32.6 Å². The molecule has 9 heteroatoms. The number of aldehydes is 1. The molecule has 2 saturated heterocycles. The first-order valence-corrected chi connectivity index (χ1v) is 13.1. The van der Waals surface area contributed by atoms with Crippen LogP contribution in [0.3, 0.4) is 0 Å². The summed E-state index contributed by atoms with van der Waals surface area (Å²) in [7, 11) is 0. The molecular weight excluding hydrogens is 450 g/mol. The Morgan fingerprint density at radius 3 is 2.43 bits per heavy atom. The highest BCUT2D eigenvalue weighted by Crippen LogP contribution is 2.32. The van der Waals surface area contributed by atoms with Gasteiger partial charge in [-0.1, -0.05) is 39.5 Å². The fourth-order valence-corrected chi connectivity index (χ4v) is 4.89. The predicted octanol–water partition coefficient (Wildman–Crippen LogP) is 3.20. The topological polar surface area (TPSA) is 114 Å². The summed E-state index contributed by atoms with van der Waals surface area (Å²) in [6, 6.07) is -2.28. The Labute approximate surface area is 210 Å². The van der Waals surface area contributed by atoms with Crippen molar-refractivity contribution in [3.8, 4) is 0 Å². The fourth-order valence-electron chi connectivity index (χ4n) is 4.89. The number of hydrogen-bond acceptors (Lipinski definition) is 6. The molecule has 0 bridgehead atoms. The summed E-state index contributed by atoms with van der Waals surface area (Å²) >= 11 is 0. The van der Waals surface area contributed by atoms with Crippen molar-refractivity contribution < 1.29 is 28.7 Å². The van der Waals surface area contributed by atoms with Crippen molar-refractivity contribution in [2.75, 3.05) is 13.2 Å². The Balaban J connectivity index is 2.35. The highest BCUT2D eigenvalue weighted by Gasteiger charge is 2.46. The third-order valence-corrected chi connectivity index (χ3v) is 6.79. The van der Waals surface area contributed by atoms with Crippen LogP contribution in [0.1, 0.15) is 86.5 Å². The maximum Gasteiger partial charge on any atom is 0.408 e. The zero-order chi connectivity index (χ0) is 26.2. The van der Waals surface area contributed by atoms with Crippen LogP contribution in [0.2, 0.25) is 0 Å². The van der Waals surface area contributed by atoms with Crippen LogP contribution in [-0.2, 0) is 23.9 Å². The first-order chi connectivity index (χ1) is 16.4. The third-order valence-electron chi connectivity index (χ3n) is 6.79. The van der Waals surface area contributed by atoms with E-state index < -0.39 is 35.9 Å². The SMILES string of the molecule is CC(C)[C@H]1CCN2C(=O)[C@@H](NC(=O)OC(C)(C)C)[C@H](C)OCCCCCCC[C@@H](C=O)NC(=O)[C@H]12. The number of carbonyl (C=O) groups is 4. The second-order valence-electron chi connectivity index (χ2n) is 11.2. The highest BCUT2D eigenvalue weighted by atomic mass is 16.6. The molecule has 2 aliphatic rings. The molecule has 9 nitrogen and oxygen atoms in total. The van der Waals surface area contributed by atoms with Gasteiger partial charge < -0.3 is 29.8 Å². The van der Waals surface area contributed by atoms with E-state index in [0.717, 1.165) is 38.4 Å². The molecule has 0 aromatic rings. The average Bonchev–Trinajstić information content (AvgIpc) is 3.21. The molecule has 0 saturated carbocycles. The second kappa shape index (κ2) is 13.2. The highest BCUT2D eigenvalue weighted by molar-refractivity contribution is 5.93. The van der Waals surface area contributed by atoms with Crippen LogP contribution >= 0.6 is 0 Å². The number of amides is 3. The monoisotopic (exact) mass is 495 g/mol. The molecule has 2 heterocycles. The first kappa shape index (κ1) is 29.1. The molecule has 2 N–H and O–H groups in total. The van der Waals surface area contributed by atoms with Crippen LogP contribution in [-0.4, -0.2) is 72.1 Å². The van der Waals surface area contributed by atoms with Gasteiger partial charge in [0.05, 0.1) is 12.1 Å². The number of nitrogens with one attached hydrogen (secondary N) is 2. The first-order valence-electron chi connectivity index (χ1n) is 13.1. The number of carbonyl (C=O) groups excluding carboxylic acids is 4. The lowest BCUT2D eigenvalue weighted by atomic mass is 9.88. The summed E-state index contributed by atoms with van der Waals surface area (Å²) in [5.41, 5.74) is -0.724. The van der Waals surface area contributed by atoms with Gasteiger partial charge in [0.25, 0.3) is 0 Å². The number of ether oxygens (including phenoxy) is 2. The van der Waals surface area contributed by atoms with Gasteiger partial charge in [-0.2, -0.15) is 0 Å². The quantitative estimate of drug-likeness (QED) is 0.581. The van der Waals surface area contributed by atoms with Crippen molar-refractivity contribution in [1.82, 2.24) is 15.5 Å². The molecule has 2 aliphatic heterocycles. The van der Waals surface area contributed by atoms with Crippen LogP contribution in [0, 0.1) is 11.8 Å². The summed E-state index contributed by atoms with van der Waals surface area (Å²) in [6.07, 6.45) is 5.36. The summed E-state index contributed by atoms with van der Waals surface area (Å²) in [6.45, 7) is 12.0. The van der Waals surface area contributed by atoms with Crippen molar-refractivity contribution in [2.45, 2.75) is 116 Å². The number of alkyl carbamates (subject to hydrolysis) is 1. The standard InChI is InChI=1S/C26H45N3O6/c1-17(2)20-13-14-29-22(20)23(31)27-19(16-30)12-10-8-7-9-11-15-34-18(3)21(24(29)32)28-25(33)35-26(4,5)6/h16-22H,7-15H2,1-6H3,(H,27,31)(H,28,33)/t18-,19-,20+,21-,22-/m0/s1. The summed E-state index contributed by atoms with van der Waals surface area (Å²) < 4.78 is 11.4. The van der Waals surface area contributed by atoms with E-state index in [-0.39, 0.29) is 23.7 Å². The minimum atomic E-state index is -0.999. The van der Waals surface area contributed by atoms with E-state index in [2.05, 4.69) is 10.6 Å². The van der Waals surface area contributed by atoms with Crippen molar-refractivity contribution in [2.24, 2.45) is 11.8 Å². The molecule has 0 aromatic heterocycles. The fraction of sp³-hybridized carbons (Fsp3) is 0.846. The molecule has 0 aromatic carbocycles. The van der Waals surface area contributed by atoms with Gasteiger partial charge in [0.15, 0.2) is 0 Å². The minimum absolute atomic E-state index is 0.0523. The lowest BCUT2D eigenvalue weighted by Gasteiger charge is -2.34. The molecular formula is C26H45N3O6. The van der Waals surface area contributed by atoms with Gasteiger partial charge in [-0.3, -0.25) is 9.59 Å². The zero-order valence-corrected chi connectivity index (χ0v) is 22.3. The van der Waals surface area contributed by atoms with Crippen LogP contribution in [0.25, 0.3) is 0 Å². The molecule has 0 spiro atoms. The Morgan fingerprint density at radius 1 is 1.14 bits per heavy atom. The van der Waals surface area contributed by atoms with E-state index in [4.69, 9.17) is 9.47 Å². The lowest BCUT2D eigenvalue weighted by Crippen LogP contribution is -2.59. The van der Waals surface area contributed by atoms with E-state index >= 15 is 0 Å². The minimum Gasteiger partial charge on any atom is -0.444 e. The van der Waals surface area contributed by atoms with Gasteiger partial charge in [0.2, 0.25) is 11.8 Å².